The van der Waals surface area contributed by atoms with Crippen LogP contribution >= 0.6 is 11.3 Å². The van der Waals surface area contributed by atoms with Crippen LogP contribution in [0.2, 0.25) is 0 Å². The molecule has 2 amide bonds. The lowest BCUT2D eigenvalue weighted by Crippen LogP contribution is -2.45. The van der Waals surface area contributed by atoms with E-state index in [1.54, 1.807) is 6.20 Å². The summed E-state index contributed by atoms with van der Waals surface area (Å²) in [4.78, 5) is 29.0. The summed E-state index contributed by atoms with van der Waals surface area (Å²) in [7, 11) is 0. The van der Waals surface area contributed by atoms with E-state index in [0.717, 1.165) is 14.8 Å². The highest BCUT2D eigenvalue weighted by atomic mass is 32.1. The molecule has 3 N–H and O–H groups in total. The molecule has 2 rings (SSSR count). The molecule has 0 aromatic carbocycles. The Morgan fingerprint density at radius 3 is 2.95 bits per heavy atom. The number of aliphatic carboxylic acids is 1. The van der Waals surface area contributed by atoms with Gasteiger partial charge in [0.25, 0.3) is 0 Å². The van der Waals surface area contributed by atoms with Crippen molar-refractivity contribution in [2.45, 2.75) is 32.0 Å². The lowest BCUT2D eigenvalue weighted by Gasteiger charge is -2.21. The number of hydrogen-bond donors (Lipinski definition) is 3. The molecule has 2 atom stereocenters. The normalized spacial score (nSPS) is 22.5. The maximum Gasteiger partial charge on any atom is 0.326 e. The van der Waals surface area contributed by atoms with Gasteiger partial charge in [0, 0.05) is 24.0 Å². The molecule has 0 unspecified atom stereocenters. The first-order chi connectivity index (χ1) is 8.97. The minimum absolute atomic E-state index is 0.0461. The van der Waals surface area contributed by atoms with Gasteiger partial charge in [-0.1, -0.05) is 0 Å². The first kappa shape index (κ1) is 13.8. The van der Waals surface area contributed by atoms with Crippen molar-refractivity contribution in [3.8, 4) is 0 Å². The Hall–Kier alpha value is -1.67. The number of carbonyl (C=O) groups excluding carboxylic acids is 1. The molecular formula is C11H15N3O4S. The van der Waals surface area contributed by atoms with Crippen molar-refractivity contribution in [2.24, 2.45) is 0 Å². The number of aliphatic hydroxyl groups excluding tert-OH is 1. The van der Waals surface area contributed by atoms with Gasteiger partial charge >= 0.3 is 12.0 Å². The van der Waals surface area contributed by atoms with Crippen LogP contribution in [0.3, 0.4) is 0 Å². The van der Waals surface area contributed by atoms with Gasteiger partial charge in [-0.2, -0.15) is 0 Å². The van der Waals surface area contributed by atoms with Gasteiger partial charge in [0.05, 0.1) is 17.7 Å². The van der Waals surface area contributed by atoms with Crippen LogP contribution < -0.4 is 5.32 Å². The standard InChI is InChI=1S/C11H15N3O4S/c1-6-12-3-8(19-6)4-13-11(18)14-5-7(15)2-9(14)10(16)17/h3,7,9,15H,2,4-5H2,1H3,(H,13,18)(H,16,17)/t7-,9+/m1/s1. The summed E-state index contributed by atoms with van der Waals surface area (Å²) in [5.41, 5.74) is 0. The molecular weight excluding hydrogens is 270 g/mol. The predicted molar refractivity (Wildman–Crippen MR) is 67.8 cm³/mol. The largest absolute Gasteiger partial charge is 0.480 e. The Balaban J connectivity index is 1.93. The zero-order valence-corrected chi connectivity index (χ0v) is 11.2. The van der Waals surface area contributed by atoms with E-state index in [9.17, 15) is 14.7 Å². The number of likely N-dealkylation sites (tertiary alicyclic amines) is 1. The molecule has 1 aromatic rings. The number of aryl methyl sites for hydroxylation is 1. The number of nitrogens with one attached hydrogen (secondary N) is 1. The van der Waals surface area contributed by atoms with Gasteiger partial charge in [0.15, 0.2) is 0 Å². The number of thiazole rings is 1. The van der Waals surface area contributed by atoms with Crippen LogP contribution in [0.1, 0.15) is 16.3 Å². The number of nitrogens with zero attached hydrogens (tertiary/aromatic N) is 2. The van der Waals surface area contributed by atoms with Crippen molar-refractivity contribution in [1.82, 2.24) is 15.2 Å². The van der Waals surface area contributed by atoms with Crippen LogP contribution in [0.4, 0.5) is 4.79 Å². The highest BCUT2D eigenvalue weighted by Gasteiger charge is 2.38. The predicted octanol–water partition coefficient (Wildman–Crippen LogP) is 0.181. The molecule has 1 fully saturated rings. The highest BCUT2D eigenvalue weighted by Crippen LogP contribution is 2.18. The Morgan fingerprint density at radius 2 is 2.37 bits per heavy atom. The number of carbonyl (C=O) groups is 2. The number of rotatable bonds is 3. The molecule has 0 radical (unpaired) electrons. The Morgan fingerprint density at radius 1 is 1.63 bits per heavy atom. The van der Waals surface area contributed by atoms with E-state index in [2.05, 4.69) is 10.3 Å². The molecule has 2 heterocycles. The van der Waals surface area contributed by atoms with Crippen LogP contribution in [0.5, 0.6) is 0 Å². The fraction of sp³-hybridized carbons (Fsp3) is 0.545. The minimum atomic E-state index is -1.10. The topological polar surface area (TPSA) is 103 Å². The van der Waals surface area contributed by atoms with Crippen LogP contribution in [0, 0.1) is 6.92 Å². The zero-order valence-electron chi connectivity index (χ0n) is 10.4. The number of carboxylic acids is 1. The SMILES string of the molecule is Cc1ncc(CNC(=O)N2C[C@H](O)C[C@H]2C(=O)O)s1. The van der Waals surface area contributed by atoms with Crippen LogP contribution in [0.15, 0.2) is 6.20 Å². The quantitative estimate of drug-likeness (QED) is 0.735. The van der Waals surface area contributed by atoms with Crippen molar-refractivity contribution < 1.29 is 19.8 Å². The molecule has 1 aliphatic heterocycles. The first-order valence-electron chi connectivity index (χ1n) is 5.84. The van der Waals surface area contributed by atoms with Gasteiger partial charge in [-0.25, -0.2) is 14.6 Å². The van der Waals surface area contributed by atoms with Crippen LogP contribution in [-0.2, 0) is 11.3 Å². The van der Waals surface area contributed by atoms with Crippen molar-refractivity contribution in [3.63, 3.8) is 0 Å². The van der Waals surface area contributed by atoms with E-state index in [1.807, 2.05) is 6.92 Å². The summed E-state index contributed by atoms with van der Waals surface area (Å²) in [6.45, 7) is 2.22. The van der Waals surface area contributed by atoms with Gasteiger partial charge in [-0.15, -0.1) is 11.3 Å². The van der Waals surface area contributed by atoms with Crippen LogP contribution in [0.25, 0.3) is 0 Å². The molecule has 7 nitrogen and oxygen atoms in total. The summed E-state index contributed by atoms with van der Waals surface area (Å²) in [5, 5.41) is 22.0. The van der Waals surface area contributed by atoms with Crippen molar-refractivity contribution >= 4 is 23.3 Å². The Labute approximate surface area is 113 Å². The van der Waals surface area contributed by atoms with E-state index in [1.165, 1.54) is 11.3 Å². The third-order valence-corrected chi connectivity index (χ3v) is 3.82. The lowest BCUT2D eigenvalue weighted by molar-refractivity contribution is -0.141. The van der Waals surface area contributed by atoms with E-state index in [0.29, 0.717) is 6.54 Å². The fourth-order valence-corrected chi connectivity index (χ4v) is 2.76. The van der Waals surface area contributed by atoms with Gasteiger partial charge in [-0.05, 0) is 6.92 Å². The number of β-amino-alcohol motifs (C(OH)–C–C–N with tert-alkyl or cyclic N) is 1. The number of carboxylic acid groups (broad SMARTS) is 1. The second-order valence-corrected chi connectivity index (χ2v) is 5.72. The van der Waals surface area contributed by atoms with Gasteiger partial charge in [0.2, 0.25) is 0 Å². The van der Waals surface area contributed by atoms with Crippen molar-refractivity contribution in [2.75, 3.05) is 6.54 Å². The fourth-order valence-electron chi connectivity index (χ4n) is 2.02. The second kappa shape index (κ2) is 5.54. The first-order valence-corrected chi connectivity index (χ1v) is 6.65. The number of aliphatic hydroxyl groups is 1. The number of hydrogen-bond acceptors (Lipinski definition) is 5. The second-order valence-electron chi connectivity index (χ2n) is 4.40. The monoisotopic (exact) mass is 285 g/mol. The average Bonchev–Trinajstić information content (AvgIpc) is 2.92. The van der Waals surface area contributed by atoms with Crippen LogP contribution in [-0.4, -0.2) is 50.8 Å². The van der Waals surface area contributed by atoms with Gasteiger partial charge in [0.1, 0.15) is 6.04 Å². The molecule has 0 aliphatic carbocycles. The summed E-state index contributed by atoms with van der Waals surface area (Å²) >= 11 is 1.47. The minimum Gasteiger partial charge on any atom is -0.480 e. The summed E-state index contributed by atoms with van der Waals surface area (Å²) < 4.78 is 0. The Bertz CT molecular complexity index is 490. The molecule has 1 aromatic heterocycles. The molecule has 104 valence electrons. The maximum atomic E-state index is 11.9. The Kier molecular flexibility index (Phi) is 4.01. The van der Waals surface area contributed by atoms with E-state index in [4.69, 9.17) is 5.11 Å². The van der Waals surface area contributed by atoms with Gasteiger partial charge < -0.3 is 20.4 Å². The number of urea groups is 1. The number of amides is 2. The zero-order chi connectivity index (χ0) is 14.0. The van der Waals surface area contributed by atoms with Crippen molar-refractivity contribution in [3.05, 3.63) is 16.1 Å². The smallest absolute Gasteiger partial charge is 0.326 e. The molecule has 1 aliphatic rings. The molecule has 8 heteroatoms. The third kappa shape index (κ3) is 3.21. The molecule has 1 saturated heterocycles. The van der Waals surface area contributed by atoms with E-state index in [-0.39, 0.29) is 13.0 Å². The summed E-state index contributed by atoms with van der Waals surface area (Å²) in [6.07, 6.45) is 0.966. The highest BCUT2D eigenvalue weighted by molar-refractivity contribution is 7.11. The van der Waals surface area contributed by atoms with E-state index >= 15 is 0 Å². The number of aromatic nitrogens is 1. The van der Waals surface area contributed by atoms with Crippen molar-refractivity contribution in [1.29, 1.82) is 0 Å². The summed E-state index contributed by atoms with van der Waals surface area (Å²) in [6, 6.07) is -1.44. The molecule has 0 saturated carbocycles. The molecule has 0 bridgehead atoms. The van der Waals surface area contributed by atoms with Gasteiger partial charge in [-0.3, -0.25) is 0 Å². The molecule has 19 heavy (non-hydrogen) atoms. The summed E-state index contributed by atoms with van der Waals surface area (Å²) in [5.74, 6) is -1.10. The molecule has 0 spiro atoms. The third-order valence-electron chi connectivity index (χ3n) is 2.91. The maximum absolute atomic E-state index is 11.9. The lowest BCUT2D eigenvalue weighted by atomic mass is 10.2. The average molecular weight is 285 g/mol. The van der Waals surface area contributed by atoms with E-state index < -0.39 is 24.1 Å².